The molecular formula is C18H22N6O. The molecule has 25 heavy (non-hydrogen) atoms. The largest absolute Gasteiger partial charge is 0.346 e. The van der Waals surface area contributed by atoms with Crippen molar-refractivity contribution in [1.29, 1.82) is 0 Å². The molecule has 7 heteroatoms. The van der Waals surface area contributed by atoms with Gasteiger partial charge in [-0.1, -0.05) is 12.1 Å². The van der Waals surface area contributed by atoms with Gasteiger partial charge in [0.15, 0.2) is 0 Å². The highest BCUT2D eigenvalue weighted by Gasteiger charge is 2.25. The number of nitrogens with one attached hydrogen (secondary N) is 1. The molecule has 3 heterocycles. The van der Waals surface area contributed by atoms with E-state index in [0.29, 0.717) is 5.69 Å². The molecule has 1 aromatic carbocycles. The summed E-state index contributed by atoms with van der Waals surface area (Å²) in [5.41, 5.74) is 2.58. The van der Waals surface area contributed by atoms with Crippen LogP contribution in [0.5, 0.6) is 0 Å². The standard InChI is InChI=1S/C18H22N6O/c1-22-11-15(19-12-22)17(25)20-13-6-5-9-24(10-13)18-21-14-7-3-4-8-16(14)23(18)2/h3-4,7-8,11-13H,5-6,9-10H2,1-2H3,(H,20,25). The minimum atomic E-state index is -0.113. The van der Waals surface area contributed by atoms with E-state index in [2.05, 4.69) is 25.8 Å². The van der Waals surface area contributed by atoms with E-state index in [1.54, 1.807) is 17.1 Å². The van der Waals surface area contributed by atoms with Crippen molar-refractivity contribution in [2.75, 3.05) is 18.0 Å². The summed E-state index contributed by atoms with van der Waals surface area (Å²) in [5, 5.41) is 3.11. The first-order chi connectivity index (χ1) is 12.1. The molecule has 1 aliphatic rings. The van der Waals surface area contributed by atoms with Crippen molar-refractivity contribution < 1.29 is 4.79 Å². The summed E-state index contributed by atoms with van der Waals surface area (Å²) in [6, 6.07) is 8.24. The lowest BCUT2D eigenvalue weighted by atomic mass is 10.1. The third-order valence-electron chi connectivity index (χ3n) is 4.74. The zero-order chi connectivity index (χ0) is 17.4. The van der Waals surface area contributed by atoms with Gasteiger partial charge in [0.25, 0.3) is 5.91 Å². The van der Waals surface area contributed by atoms with Gasteiger partial charge in [-0.15, -0.1) is 0 Å². The molecule has 1 saturated heterocycles. The van der Waals surface area contributed by atoms with Crippen molar-refractivity contribution in [2.24, 2.45) is 14.1 Å². The number of carbonyl (C=O) groups is 1. The van der Waals surface area contributed by atoms with Crippen LogP contribution in [0.25, 0.3) is 11.0 Å². The molecule has 0 radical (unpaired) electrons. The zero-order valence-electron chi connectivity index (χ0n) is 14.5. The van der Waals surface area contributed by atoms with Crippen molar-refractivity contribution in [3.8, 4) is 0 Å². The maximum atomic E-state index is 12.4. The third-order valence-corrected chi connectivity index (χ3v) is 4.74. The normalized spacial score (nSPS) is 17.8. The molecule has 3 aromatic rings. The van der Waals surface area contributed by atoms with Crippen LogP contribution in [0.1, 0.15) is 23.3 Å². The van der Waals surface area contributed by atoms with Gasteiger partial charge in [0.05, 0.1) is 17.4 Å². The zero-order valence-corrected chi connectivity index (χ0v) is 14.5. The van der Waals surface area contributed by atoms with Crippen LogP contribution in [0.2, 0.25) is 0 Å². The van der Waals surface area contributed by atoms with Crippen LogP contribution in [-0.2, 0) is 14.1 Å². The lowest BCUT2D eigenvalue weighted by Crippen LogP contribution is -2.48. The van der Waals surface area contributed by atoms with Gasteiger partial charge in [0.1, 0.15) is 5.69 Å². The number of nitrogens with zero attached hydrogens (tertiary/aromatic N) is 5. The first-order valence-corrected chi connectivity index (χ1v) is 8.57. The molecule has 0 bridgehead atoms. The highest BCUT2D eigenvalue weighted by Crippen LogP contribution is 2.24. The molecule has 1 N–H and O–H groups in total. The highest BCUT2D eigenvalue weighted by molar-refractivity contribution is 5.92. The molecule has 7 nitrogen and oxygen atoms in total. The van der Waals surface area contributed by atoms with Crippen molar-refractivity contribution in [1.82, 2.24) is 24.4 Å². The molecule has 0 saturated carbocycles. The number of para-hydroxylation sites is 2. The number of benzene rings is 1. The Balaban J connectivity index is 1.50. The summed E-state index contributed by atoms with van der Waals surface area (Å²) >= 11 is 0. The smallest absolute Gasteiger partial charge is 0.271 e. The van der Waals surface area contributed by atoms with E-state index in [-0.39, 0.29) is 11.9 Å². The number of amides is 1. The summed E-state index contributed by atoms with van der Waals surface area (Å²) in [6.07, 6.45) is 5.37. The summed E-state index contributed by atoms with van der Waals surface area (Å²) in [6.45, 7) is 1.71. The molecule has 1 fully saturated rings. The van der Waals surface area contributed by atoms with Gasteiger partial charge in [0, 0.05) is 39.4 Å². The number of rotatable bonds is 3. The molecule has 1 aliphatic heterocycles. The first-order valence-electron chi connectivity index (χ1n) is 8.57. The van der Waals surface area contributed by atoms with Crippen molar-refractivity contribution in [3.05, 3.63) is 42.5 Å². The number of aromatic nitrogens is 4. The van der Waals surface area contributed by atoms with Crippen LogP contribution in [0.3, 0.4) is 0 Å². The summed E-state index contributed by atoms with van der Waals surface area (Å²) < 4.78 is 3.90. The fourth-order valence-electron chi connectivity index (χ4n) is 3.48. The number of piperidine rings is 1. The maximum Gasteiger partial charge on any atom is 0.271 e. The number of hydrogen-bond donors (Lipinski definition) is 1. The topological polar surface area (TPSA) is 68.0 Å². The predicted molar refractivity (Wildman–Crippen MR) is 96.6 cm³/mol. The van der Waals surface area contributed by atoms with E-state index in [1.165, 1.54) is 0 Å². The number of anilines is 1. The number of fused-ring (bicyclic) bond motifs is 1. The second-order valence-corrected chi connectivity index (χ2v) is 6.64. The number of imidazole rings is 2. The Morgan fingerprint density at radius 2 is 2.12 bits per heavy atom. The monoisotopic (exact) mass is 338 g/mol. The number of aryl methyl sites for hydroxylation is 2. The van der Waals surface area contributed by atoms with Crippen molar-refractivity contribution in [2.45, 2.75) is 18.9 Å². The maximum absolute atomic E-state index is 12.4. The lowest BCUT2D eigenvalue weighted by molar-refractivity contribution is 0.0928. The average Bonchev–Trinajstić information content (AvgIpc) is 3.19. The molecule has 0 aliphatic carbocycles. The molecule has 130 valence electrons. The van der Waals surface area contributed by atoms with Crippen LogP contribution < -0.4 is 10.2 Å². The minimum absolute atomic E-state index is 0.100. The van der Waals surface area contributed by atoms with Crippen LogP contribution >= 0.6 is 0 Å². The Hall–Kier alpha value is -2.83. The fourth-order valence-corrected chi connectivity index (χ4v) is 3.48. The Kier molecular flexibility index (Phi) is 3.91. The van der Waals surface area contributed by atoms with Crippen LogP contribution in [-0.4, -0.2) is 44.1 Å². The SMILES string of the molecule is Cn1cnc(C(=O)NC2CCCN(c3nc4ccccc4n3C)C2)c1. The molecule has 1 unspecified atom stereocenters. The Morgan fingerprint density at radius 3 is 2.88 bits per heavy atom. The number of hydrogen-bond acceptors (Lipinski definition) is 4. The molecule has 4 rings (SSSR count). The molecule has 1 amide bonds. The molecule has 2 aromatic heterocycles. The number of carbonyl (C=O) groups excluding carboxylic acids is 1. The first kappa shape index (κ1) is 15.7. The van der Waals surface area contributed by atoms with Gasteiger partial charge >= 0.3 is 0 Å². The quantitative estimate of drug-likeness (QED) is 0.789. The van der Waals surface area contributed by atoms with Gasteiger partial charge in [0.2, 0.25) is 5.95 Å². The molecule has 0 spiro atoms. The van der Waals surface area contributed by atoms with E-state index in [4.69, 9.17) is 4.98 Å². The van der Waals surface area contributed by atoms with Crippen molar-refractivity contribution in [3.63, 3.8) is 0 Å². The van der Waals surface area contributed by atoms with Crippen molar-refractivity contribution >= 4 is 22.9 Å². The average molecular weight is 338 g/mol. The summed E-state index contributed by atoms with van der Waals surface area (Å²) in [7, 11) is 3.90. The van der Waals surface area contributed by atoms with Gasteiger partial charge in [-0.3, -0.25) is 4.79 Å². The molecule has 1 atom stereocenters. The van der Waals surface area contributed by atoms with Gasteiger partial charge in [-0.05, 0) is 25.0 Å². The van der Waals surface area contributed by atoms with E-state index in [1.807, 2.05) is 32.3 Å². The van der Waals surface area contributed by atoms with Crippen LogP contribution in [0.15, 0.2) is 36.8 Å². The highest BCUT2D eigenvalue weighted by atomic mass is 16.2. The Morgan fingerprint density at radius 1 is 1.28 bits per heavy atom. The van der Waals surface area contributed by atoms with E-state index in [9.17, 15) is 4.79 Å². The van der Waals surface area contributed by atoms with Crippen LogP contribution in [0, 0.1) is 0 Å². The van der Waals surface area contributed by atoms with E-state index >= 15 is 0 Å². The van der Waals surface area contributed by atoms with E-state index in [0.717, 1.165) is 42.9 Å². The van der Waals surface area contributed by atoms with Gasteiger partial charge in [-0.25, -0.2) is 9.97 Å². The van der Waals surface area contributed by atoms with Crippen LogP contribution in [0.4, 0.5) is 5.95 Å². The second kappa shape index (κ2) is 6.23. The van der Waals surface area contributed by atoms with E-state index < -0.39 is 0 Å². The third kappa shape index (κ3) is 2.97. The summed E-state index contributed by atoms with van der Waals surface area (Å²) in [5.74, 6) is 0.843. The summed E-state index contributed by atoms with van der Waals surface area (Å²) in [4.78, 5) is 23.5. The van der Waals surface area contributed by atoms with Gasteiger partial charge in [-0.2, -0.15) is 0 Å². The lowest BCUT2D eigenvalue weighted by Gasteiger charge is -2.33. The Bertz CT molecular complexity index is 911. The fraction of sp³-hybridized carbons (Fsp3) is 0.389. The van der Waals surface area contributed by atoms with Gasteiger partial charge < -0.3 is 19.4 Å². The molecular weight excluding hydrogens is 316 g/mol. The Labute approximate surface area is 146 Å². The second-order valence-electron chi connectivity index (χ2n) is 6.64. The predicted octanol–water partition coefficient (Wildman–Crippen LogP) is 1.71. The minimum Gasteiger partial charge on any atom is -0.346 e.